The second-order valence-electron chi connectivity index (χ2n) is 4.75. The van der Waals surface area contributed by atoms with Crippen LogP contribution in [0, 0.1) is 11.8 Å². The van der Waals surface area contributed by atoms with Crippen molar-refractivity contribution in [1.29, 1.82) is 0 Å². The van der Waals surface area contributed by atoms with Gasteiger partial charge in [0.25, 0.3) is 0 Å². The lowest BCUT2D eigenvalue weighted by Crippen LogP contribution is -2.12. The Morgan fingerprint density at radius 3 is 2.43 bits per heavy atom. The van der Waals surface area contributed by atoms with E-state index in [1.165, 1.54) is 5.57 Å². The van der Waals surface area contributed by atoms with Gasteiger partial charge in [0.15, 0.2) is 0 Å². The van der Waals surface area contributed by atoms with Gasteiger partial charge in [0.05, 0.1) is 6.10 Å². The Kier molecular flexibility index (Phi) is 3.79. The fraction of sp³-hybridized carbons (Fsp3) is 0.692. The van der Waals surface area contributed by atoms with Crippen LogP contribution in [0.15, 0.2) is 23.5 Å². The molecule has 0 aromatic carbocycles. The van der Waals surface area contributed by atoms with E-state index < -0.39 is 0 Å². The average Bonchev–Trinajstić information content (AvgIpc) is 2.07. The highest BCUT2D eigenvalue weighted by atomic mass is 16.5. The van der Waals surface area contributed by atoms with E-state index in [-0.39, 0.29) is 6.10 Å². The van der Waals surface area contributed by atoms with Crippen molar-refractivity contribution in [1.82, 2.24) is 0 Å². The lowest BCUT2D eigenvalue weighted by molar-refractivity contribution is 0.150. The molecule has 1 aliphatic carbocycles. The first-order valence-electron chi connectivity index (χ1n) is 5.58. The Balaban J connectivity index is 2.84. The Hall–Kier alpha value is -0.720. The molecule has 0 amide bonds. The standard InChI is InChI=1S/C13H22O/c1-9(2)12-8-11(5)6-7-13(12)14-10(3)4/h6-7,9-11H,8H2,1-5H3. The molecule has 0 heterocycles. The molecule has 1 nitrogen and oxygen atoms in total. The molecule has 0 N–H and O–H groups in total. The lowest BCUT2D eigenvalue weighted by Gasteiger charge is -2.24. The van der Waals surface area contributed by atoms with Gasteiger partial charge >= 0.3 is 0 Å². The maximum absolute atomic E-state index is 5.81. The predicted molar refractivity (Wildman–Crippen MR) is 61.0 cm³/mol. The van der Waals surface area contributed by atoms with Gasteiger partial charge in [-0.15, -0.1) is 0 Å². The van der Waals surface area contributed by atoms with Crippen molar-refractivity contribution in [3.8, 4) is 0 Å². The lowest BCUT2D eigenvalue weighted by atomic mass is 9.88. The minimum absolute atomic E-state index is 0.275. The van der Waals surface area contributed by atoms with Crippen molar-refractivity contribution in [2.24, 2.45) is 11.8 Å². The van der Waals surface area contributed by atoms with Crippen LogP contribution in [0.3, 0.4) is 0 Å². The first-order valence-corrected chi connectivity index (χ1v) is 5.58. The summed E-state index contributed by atoms with van der Waals surface area (Å²) < 4.78 is 5.81. The van der Waals surface area contributed by atoms with Gasteiger partial charge in [-0.3, -0.25) is 0 Å². The summed E-state index contributed by atoms with van der Waals surface area (Å²) >= 11 is 0. The molecule has 0 aliphatic heterocycles. The Morgan fingerprint density at radius 2 is 1.93 bits per heavy atom. The number of rotatable bonds is 3. The number of ether oxygens (including phenoxy) is 1. The van der Waals surface area contributed by atoms with Crippen molar-refractivity contribution in [3.05, 3.63) is 23.5 Å². The van der Waals surface area contributed by atoms with Crippen LogP contribution in [0.4, 0.5) is 0 Å². The van der Waals surface area contributed by atoms with Gasteiger partial charge in [-0.05, 0) is 43.8 Å². The zero-order chi connectivity index (χ0) is 10.7. The Morgan fingerprint density at radius 1 is 1.29 bits per heavy atom. The highest BCUT2D eigenvalue weighted by molar-refractivity contribution is 5.27. The summed E-state index contributed by atoms with van der Waals surface area (Å²) in [6.45, 7) is 10.9. The first-order chi connectivity index (χ1) is 6.50. The molecular weight excluding hydrogens is 172 g/mol. The number of allylic oxidation sites excluding steroid dienone is 3. The van der Waals surface area contributed by atoms with Gasteiger partial charge in [-0.25, -0.2) is 0 Å². The van der Waals surface area contributed by atoms with Crippen LogP contribution in [0.2, 0.25) is 0 Å². The van der Waals surface area contributed by atoms with Crippen molar-refractivity contribution in [2.75, 3.05) is 0 Å². The van der Waals surface area contributed by atoms with Crippen LogP contribution in [-0.4, -0.2) is 6.10 Å². The number of hydrogen-bond donors (Lipinski definition) is 0. The minimum atomic E-state index is 0.275. The molecular formula is C13H22O. The summed E-state index contributed by atoms with van der Waals surface area (Å²) in [5, 5.41) is 0. The summed E-state index contributed by atoms with van der Waals surface area (Å²) in [5.74, 6) is 2.36. The third-order valence-corrected chi connectivity index (χ3v) is 2.49. The molecule has 1 aliphatic rings. The topological polar surface area (TPSA) is 9.23 Å². The molecule has 1 atom stereocenters. The summed E-state index contributed by atoms with van der Waals surface area (Å²) in [6, 6.07) is 0. The molecule has 0 fully saturated rings. The normalized spacial score (nSPS) is 22.4. The third kappa shape index (κ3) is 2.90. The van der Waals surface area contributed by atoms with Crippen molar-refractivity contribution >= 4 is 0 Å². The molecule has 0 aromatic heterocycles. The Bertz CT molecular complexity index is 246. The second-order valence-corrected chi connectivity index (χ2v) is 4.75. The second kappa shape index (κ2) is 4.68. The minimum Gasteiger partial charge on any atom is -0.491 e. The summed E-state index contributed by atoms with van der Waals surface area (Å²) in [6.07, 6.45) is 5.81. The van der Waals surface area contributed by atoms with Crippen LogP contribution in [0.25, 0.3) is 0 Å². The molecule has 1 heteroatoms. The molecule has 14 heavy (non-hydrogen) atoms. The average molecular weight is 194 g/mol. The monoisotopic (exact) mass is 194 g/mol. The van der Waals surface area contributed by atoms with Gasteiger partial charge in [-0.2, -0.15) is 0 Å². The highest BCUT2D eigenvalue weighted by Gasteiger charge is 2.17. The SMILES string of the molecule is CC1C=CC(OC(C)C)=C(C(C)C)C1. The van der Waals surface area contributed by atoms with Gasteiger partial charge in [0, 0.05) is 0 Å². The summed E-state index contributed by atoms with van der Waals surface area (Å²) in [4.78, 5) is 0. The maximum atomic E-state index is 5.81. The third-order valence-electron chi connectivity index (χ3n) is 2.49. The van der Waals surface area contributed by atoms with Crippen LogP contribution in [0.1, 0.15) is 41.0 Å². The fourth-order valence-corrected chi connectivity index (χ4v) is 1.76. The van der Waals surface area contributed by atoms with E-state index in [1.807, 2.05) is 0 Å². The first kappa shape index (κ1) is 11.4. The quantitative estimate of drug-likeness (QED) is 0.661. The van der Waals surface area contributed by atoms with Crippen LogP contribution in [0.5, 0.6) is 0 Å². The zero-order valence-corrected chi connectivity index (χ0v) is 10.0. The molecule has 0 aromatic rings. The highest BCUT2D eigenvalue weighted by Crippen LogP contribution is 2.29. The summed E-state index contributed by atoms with van der Waals surface area (Å²) in [5.41, 5.74) is 1.47. The van der Waals surface area contributed by atoms with E-state index in [1.54, 1.807) is 0 Å². The van der Waals surface area contributed by atoms with Gasteiger partial charge in [-0.1, -0.05) is 26.8 Å². The van der Waals surface area contributed by atoms with Gasteiger partial charge < -0.3 is 4.74 Å². The molecule has 1 unspecified atom stereocenters. The predicted octanol–water partition coefficient (Wildman–Crippen LogP) is 3.92. The molecule has 0 radical (unpaired) electrons. The van der Waals surface area contributed by atoms with E-state index in [2.05, 4.69) is 46.8 Å². The molecule has 0 bridgehead atoms. The number of hydrogen-bond acceptors (Lipinski definition) is 1. The van der Waals surface area contributed by atoms with Crippen molar-refractivity contribution in [2.45, 2.75) is 47.1 Å². The van der Waals surface area contributed by atoms with Crippen LogP contribution in [-0.2, 0) is 4.74 Å². The smallest absolute Gasteiger partial charge is 0.118 e. The van der Waals surface area contributed by atoms with Crippen LogP contribution < -0.4 is 0 Å². The van der Waals surface area contributed by atoms with Crippen molar-refractivity contribution < 1.29 is 4.74 Å². The molecule has 1 rings (SSSR count). The van der Waals surface area contributed by atoms with E-state index >= 15 is 0 Å². The van der Waals surface area contributed by atoms with Gasteiger partial charge in [0.2, 0.25) is 0 Å². The molecule has 0 saturated heterocycles. The zero-order valence-electron chi connectivity index (χ0n) is 10.0. The molecule has 80 valence electrons. The maximum Gasteiger partial charge on any atom is 0.118 e. The Labute approximate surface area is 87.8 Å². The van der Waals surface area contributed by atoms with E-state index in [9.17, 15) is 0 Å². The van der Waals surface area contributed by atoms with Crippen molar-refractivity contribution in [3.63, 3.8) is 0 Å². The molecule has 0 spiro atoms. The largest absolute Gasteiger partial charge is 0.491 e. The van der Waals surface area contributed by atoms with Crippen LogP contribution >= 0.6 is 0 Å². The summed E-state index contributed by atoms with van der Waals surface area (Å²) in [7, 11) is 0. The van der Waals surface area contributed by atoms with Gasteiger partial charge in [0.1, 0.15) is 5.76 Å². The fourth-order valence-electron chi connectivity index (χ4n) is 1.76. The van der Waals surface area contributed by atoms with E-state index in [0.29, 0.717) is 11.8 Å². The molecule has 0 saturated carbocycles. The van der Waals surface area contributed by atoms with E-state index in [0.717, 1.165) is 12.2 Å². The van der Waals surface area contributed by atoms with E-state index in [4.69, 9.17) is 4.74 Å².